The zero-order valence-electron chi connectivity index (χ0n) is 19.8. The van der Waals surface area contributed by atoms with E-state index in [1.807, 2.05) is 0 Å². The fraction of sp³-hybridized carbons (Fsp3) is 0.360. The van der Waals surface area contributed by atoms with Gasteiger partial charge >= 0.3 is 5.97 Å². The molecule has 11 nitrogen and oxygen atoms in total. The molecule has 0 unspecified atom stereocenters. The van der Waals surface area contributed by atoms with Gasteiger partial charge in [0.05, 0.1) is 17.5 Å². The molecule has 0 fully saturated rings. The number of carbonyl (C=O) groups excluding carboxylic acids is 4. The third-order valence-electron chi connectivity index (χ3n) is 7.39. The first-order valence-corrected chi connectivity index (χ1v) is 11.1. The van der Waals surface area contributed by atoms with Gasteiger partial charge in [-0.05, 0) is 31.6 Å². The molecular weight excluding hydrogens is 472 g/mol. The van der Waals surface area contributed by atoms with Gasteiger partial charge in [-0.25, -0.2) is 4.79 Å². The van der Waals surface area contributed by atoms with Crippen LogP contribution in [0.4, 0.5) is 0 Å². The zero-order valence-corrected chi connectivity index (χ0v) is 19.8. The molecule has 0 spiro atoms. The highest BCUT2D eigenvalue weighted by Gasteiger charge is 2.68. The first-order valence-electron chi connectivity index (χ1n) is 11.1. The lowest BCUT2D eigenvalue weighted by Crippen LogP contribution is -2.69. The smallest absolute Gasteiger partial charge is 0.330 e. The van der Waals surface area contributed by atoms with Crippen molar-refractivity contribution < 1.29 is 44.3 Å². The average Bonchev–Trinajstić information content (AvgIpc) is 2.80. The number of phenols is 1. The highest BCUT2D eigenvalue weighted by Crippen LogP contribution is 2.56. The molecule has 1 aromatic rings. The fourth-order valence-corrected chi connectivity index (χ4v) is 5.88. The number of Topliss-reactive ketones (excluding diaryl/α,β-unsaturated/α-hetero) is 2. The molecule has 0 bridgehead atoms. The maximum Gasteiger partial charge on any atom is 0.330 e. The van der Waals surface area contributed by atoms with E-state index in [0.717, 1.165) is 6.08 Å². The highest BCUT2D eigenvalue weighted by molar-refractivity contribution is 6.25. The molecule has 3 aliphatic carbocycles. The Labute approximate surface area is 205 Å². The minimum atomic E-state index is -2.97. The second kappa shape index (κ2) is 8.32. The minimum absolute atomic E-state index is 0.139. The summed E-state index contributed by atoms with van der Waals surface area (Å²) in [6.07, 6.45) is -0.611. The number of amides is 1. The van der Waals surface area contributed by atoms with Crippen LogP contribution in [0, 0.1) is 11.8 Å². The van der Waals surface area contributed by atoms with Gasteiger partial charge in [0.1, 0.15) is 28.9 Å². The van der Waals surface area contributed by atoms with Crippen molar-refractivity contribution in [3.63, 3.8) is 0 Å². The largest absolute Gasteiger partial charge is 0.510 e. The average molecular weight is 498 g/mol. The van der Waals surface area contributed by atoms with Gasteiger partial charge in [-0.15, -0.1) is 0 Å². The molecule has 190 valence electrons. The lowest BCUT2D eigenvalue weighted by molar-refractivity contribution is -0.177. The van der Waals surface area contributed by atoms with Gasteiger partial charge < -0.3 is 30.9 Å². The van der Waals surface area contributed by atoms with Crippen molar-refractivity contribution in [2.75, 3.05) is 14.1 Å². The maximum absolute atomic E-state index is 13.6. The Balaban J connectivity index is 2.12. The first-order chi connectivity index (χ1) is 16.8. The Kier molecular flexibility index (Phi) is 5.81. The number of phenolic OH excluding ortho intramolecular Hbond substituents is 1. The van der Waals surface area contributed by atoms with E-state index in [1.165, 1.54) is 31.1 Å². The number of aliphatic hydroxyl groups excluding tert-OH is 2. The van der Waals surface area contributed by atoms with Gasteiger partial charge in [0.2, 0.25) is 5.78 Å². The van der Waals surface area contributed by atoms with E-state index in [2.05, 4.69) is 6.58 Å². The number of nitrogens with zero attached hydrogens (tertiary/aromatic N) is 1. The summed E-state index contributed by atoms with van der Waals surface area (Å²) in [6, 6.07) is 3.05. The van der Waals surface area contributed by atoms with Crippen molar-refractivity contribution in [2.24, 2.45) is 17.6 Å². The molecule has 0 radical (unpaired) electrons. The van der Waals surface area contributed by atoms with E-state index in [9.17, 15) is 39.6 Å². The number of ether oxygens (including phenoxy) is 1. The lowest BCUT2D eigenvalue weighted by Gasteiger charge is -2.54. The van der Waals surface area contributed by atoms with Crippen molar-refractivity contribution >= 4 is 23.4 Å². The van der Waals surface area contributed by atoms with Crippen LogP contribution in [0.2, 0.25) is 0 Å². The number of rotatable bonds is 4. The number of fused-ring (bicyclic) bond motifs is 3. The van der Waals surface area contributed by atoms with E-state index in [0.29, 0.717) is 5.56 Å². The van der Waals surface area contributed by atoms with Crippen molar-refractivity contribution in [2.45, 2.75) is 30.6 Å². The molecule has 0 saturated carbocycles. The summed E-state index contributed by atoms with van der Waals surface area (Å²) < 4.78 is 5.62. The number of nitrogens with two attached hydrogens (primary N) is 1. The summed E-state index contributed by atoms with van der Waals surface area (Å²) >= 11 is 0. The molecule has 0 aromatic heterocycles. The lowest BCUT2D eigenvalue weighted by atomic mass is 9.55. The molecule has 6 atom stereocenters. The molecule has 0 heterocycles. The third-order valence-corrected chi connectivity index (χ3v) is 7.39. The molecule has 1 aromatic carbocycles. The molecule has 3 aliphatic rings. The van der Waals surface area contributed by atoms with Crippen LogP contribution in [0.3, 0.4) is 0 Å². The second-order valence-corrected chi connectivity index (χ2v) is 9.41. The number of likely N-dealkylation sites (N-methyl/N-ethyl adjacent to an activating group) is 1. The van der Waals surface area contributed by atoms with Crippen LogP contribution in [0.15, 0.2) is 53.5 Å². The van der Waals surface area contributed by atoms with E-state index in [-0.39, 0.29) is 11.3 Å². The Morgan fingerprint density at radius 3 is 2.39 bits per heavy atom. The molecule has 6 N–H and O–H groups in total. The van der Waals surface area contributed by atoms with Crippen LogP contribution in [0.1, 0.15) is 28.8 Å². The van der Waals surface area contributed by atoms with Gasteiger partial charge in [0, 0.05) is 17.6 Å². The number of hydrogen-bond acceptors (Lipinski definition) is 10. The Bertz CT molecular complexity index is 1290. The zero-order chi connectivity index (χ0) is 26.9. The van der Waals surface area contributed by atoms with Crippen LogP contribution in [-0.2, 0) is 19.1 Å². The van der Waals surface area contributed by atoms with E-state index < -0.39 is 81.6 Å². The minimum Gasteiger partial charge on any atom is -0.510 e. The predicted molar refractivity (Wildman–Crippen MR) is 124 cm³/mol. The monoisotopic (exact) mass is 498 g/mol. The van der Waals surface area contributed by atoms with Gasteiger partial charge in [0.15, 0.2) is 11.4 Å². The summed E-state index contributed by atoms with van der Waals surface area (Å²) in [5.41, 5.74) is 1.22. The normalized spacial score (nSPS) is 31.5. The summed E-state index contributed by atoms with van der Waals surface area (Å²) in [5, 5.41) is 44.6. The van der Waals surface area contributed by atoms with E-state index in [1.54, 1.807) is 13.0 Å². The number of ketones is 2. The van der Waals surface area contributed by atoms with Crippen LogP contribution in [-0.4, -0.2) is 80.6 Å². The van der Waals surface area contributed by atoms with E-state index >= 15 is 0 Å². The molecule has 0 aliphatic heterocycles. The topological polar surface area (TPSA) is 188 Å². The Morgan fingerprint density at radius 2 is 1.83 bits per heavy atom. The number of primary amides is 1. The van der Waals surface area contributed by atoms with Crippen molar-refractivity contribution in [3.8, 4) is 5.75 Å². The standard InChI is InChI=1S/C25H26N2O9/c1-5-12(29)36-21-13-9(2)10-7-6-8-11(28)14(10)19(30)15(13)22(32)25(35)17(21)18(27(3)4)20(31)16(23(25)33)24(26)34/h5-9,13,17-18,21,28,31-32,35H,1H2,2-4H3,(H2,26,34)/t9-,13+,17+,18-,21-,25-/m1/s1. The summed E-state index contributed by atoms with van der Waals surface area (Å²) in [5.74, 6) is -10.2. The quantitative estimate of drug-likeness (QED) is 0.221. The Hall–Kier alpha value is -3.96. The number of aliphatic hydroxyl groups is 3. The van der Waals surface area contributed by atoms with Crippen LogP contribution in [0.25, 0.3) is 0 Å². The molecule has 0 saturated heterocycles. The van der Waals surface area contributed by atoms with Crippen LogP contribution in [0.5, 0.6) is 5.75 Å². The first kappa shape index (κ1) is 25.1. The van der Waals surface area contributed by atoms with Gasteiger partial charge in [-0.2, -0.15) is 0 Å². The fourth-order valence-electron chi connectivity index (χ4n) is 5.88. The number of carbonyl (C=O) groups is 4. The molecular formula is C25H26N2O9. The summed E-state index contributed by atoms with van der Waals surface area (Å²) in [6.45, 7) is 5.04. The van der Waals surface area contributed by atoms with Gasteiger partial charge in [0.25, 0.3) is 5.91 Å². The number of benzene rings is 1. The van der Waals surface area contributed by atoms with E-state index in [4.69, 9.17) is 10.5 Å². The molecule has 11 heteroatoms. The molecule has 1 amide bonds. The second-order valence-electron chi connectivity index (χ2n) is 9.41. The van der Waals surface area contributed by atoms with Gasteiger partial charge in [-0.1, -0.05) is 25.6 Å². The van der Waals surface area contributed by atoms with Crippen molar-refractivity contribution in [1.29, 1.82) is 0 Å². The number of hydrogen-bond donors (Lipinski definition) is 5. The molecule has 4 rings (SSSR count). The maximum atomic E-state index is 13.6. The molecule has 36 heavy (non-hydrogen) atoms. The summed E-state index contributed by atoms with van der Waals surface area (Å²) in [4.78, 5) is 53.1. The number of aromatic hydroxyl groups is 1. The summed E-state index contributed by atoms with van der Waals surface area (Å²) in [7, 11) is 2.95. The SMILES string of the molecule is C=CC(=O)O[C@@H]1[C@@H]2C(=C(O)[C@@]3(O)C(=O)C(C(N)=O)=C(O)[C@H](N(C)C)[C@@H]13)C(=O)c1c(O)cccc1[C@H]2C. The Morgan fingerprint density at radius 1 is 1.19 bits per heavy atom. The predicted octanol–water partition coefficient (Wildman–Crippen LogP) is 0.389. The number of esters is 1. The van der Waals surface area contributed by atoms with Crippen molar-refractivity contribution in [1.82, 2.24) is 4.90 Å². The van der Waals surface area contributed by atoms with Crippen LogP contribution < -0.4 is 5.73 Å². The highest BCUT2D eigenvalue weighted by atomic mass is 16.5. The van der Waals surface area contributed by atoms with Crippen LogP contribution >= 0.6 is 0 Å². The van der Waals surface area contributed by atoms with Gasteiger partial charge in [-0.3, -0.25) is 19.3 Å². The van der Waals surface area contributed by atoms with Crippen molar-refractivity contribution in [3.05, 3.63) is 64.6 Å². The third kappa shape index (κ3) is 3.12.